The number of anilines is 1. The van der Waals surface area contributed by atoms with Crippen molar-refractivity contribution in [3.05, 3.63) is 29.8 Å². The molecule has 0 aliphatic rings. The first kappa shape index (κ1) is 12.5. The second-order valence-electron chi connectivity index (χ2n) is 4.05. The van der Waals surface area contributed by atoms with Crippen molar-refractivity contribution < 1.29 is 15.0 Å². The Labute approximate surface area is 94.9 Å². The van der Waals surface area contributed by atoms with Crippen LogP contribution in [0.1, 0.15) is 30.6 Å². The van der Waals surface area contributed by atoms with Gasteiger partial charge in [-0.15, -0.1) is 0 Å². The van der Waals surface area contributed by atoms with E-state index in [1.807, 2.05) is 13.8 Å². The van der Waals surface area contributed by atoms with Gasteiger partial charge in [-0.25, -0.2) is 4.79 Å². The van der Waals surface area contributed by atoms with Gasteiger partial charge in [-0.05, 0) is 25.5 Å². The van der Waals surface area contributed by atoms with Crippen LogP contribution in [0.4, 0.5) is 5.69 Å². The van der Waals surface area contributed by atoms with Crippen molar-refractivity contribution in [2.45, 2.75) is 25.8 Å². The second-order valence-corrected chi connectivity index (χ2v) is 4.05. The number of hydrogen-bond acceptors (Lipinski definition) is 3. The zero-order valence-electron chi connectivity index (χ0n) is 9.53. The normalized spacial score (nSPS) is 14.2. The van der Waals surface area contributed by atoms with Gasteiger partial charge in [0.25, 0.3) is 0 Å². The van der Waals surface area contributed by atoms with Crippen LogP contribution in [0.3, 0.4) is 0 Å². The van der Waals surface area contributed by atoms with E-state index in [1.54, 1.807) is 18.2 Å². The van der Waals surface area contributed by atoms with Gasteiger partial charge in [0.2, 0.25) is 0 Å². The molecule has 1 aromatic carbocycles. The van der Waals surface area contributed by atoms with Crippen LogP contribution >= 0.6 is 0 Å². The van der Waals surface area contributed by atoms with Gasteiger partial charge in [0, 0.05) is 5.69 Å². The van der Waals surface area contributed by atoms with Crippen LogP contribution in [0.5, 0.6) is 0 Å². The molecule has 1 aromatic rings. The largest absolute Gasteiger partial charge is 0.478 e. The number of nitrogens with one attached hydrogen (secondary N) is 1. The average Bonchev–Trinajstić information content (AvgIpc) is 2.29. The van der Waals surface area contributed by atoms with Crippen molar-refractivity contribution in [1.82, 2.24) is 0 Å². The van der Waals surface area contributed by atoms with Gasteiger partial charge in [0.1, 0.15) is 0 Å². The molecule has 4 heteroatoms. The lowest BCUT2D eigenvalue weighted by atomic mass is 9.99. The van der Waals surface area contributed by atoms with E-state index in [1.165, 1.54) is 6.07 Å². The maximum atomic E-state index is 11.0. The molecular weight excluding hydrogens is 206 g/mol. The number of benzene rings is 1. The van der Waals surface area contributed by atoms with Crippen molar-refractivity contribution in [2.75, 3.05) is 11.9 Å². The first-order valence-corrected chi connectivity index (χ1v) is 5.24. The molecule has 0 heterocycles. The summed E-state index contributed by atoms with van der Waals surface area (Å²) in [5.74, 6) is -0.973. The number of carboxylic acids is 1. The smallest absolute Gasteiger partial charge is 0.337 e. The van der Waals surface area contributed by atoms with Crippen LogP contribution in [-0.4, -0.2) is 28.3 Å². The zero-order chi connectivity index (χ0) is 12.2. The Balaban J connectivity index is 3.01. The fraction of sp³-hybridized carbons (Fsp3) is 0.417. The monoisotopic (exact) mass is 223 g/mol. The molecule has 1 unspecified atom stereocenters. The molecule has 88 valence electrons. The maximum Gasteiger partial charge on any atom is 0.337 e. The van der Waals surface area contributed by atoms with Gasteiger partial charge in [0.05, 0.1) is 17.7 Å². The quantitative estimate of drug-likeness (QED) is 0.713. The summed E-state index contributed by atoms with van der Waals surface area (Å²) in [5, 5.41) is 21.3. The lowest BCUT2D eigenvalue weighted by Gasteiger charge is -2.29. The zero-order valence-corrected chi connectivity index (χ0v) is 9.53. The average molecular weight is 223 g/mol. The number of hydrogen-bond donors (Lipinski definition) is 3. The van der Waals surface area contributed by atoms with Crippen LogP contribution in [0.25, 0.3) is 0 Å². The molecule has 1 rings (SSSR count). The summed E-state index contributed by atoms with van der Waals surface area (Å²) in [5.41, 5.74) is 0.259. The van der Waals surface area contributed by atoms with E-state index in [4.69, 9.17) is 5.11 Å². The molecule has 1 atom stereocenters. The number of carboxylic acid groups (broad SMARTS) is 1. The van der Waals surface area contributed by atoms with E-state index in [0.717, 1.165) is 0 Å². The van der Waals surface area contributed by atoms with Crippen LogP contribution < -0.4 is 5.32 Å². The molecule has 0 spiro atoms. The fourth-order valence-corrected chi connectivity index (χ4v) is 1.34. The highest BCUT2D eigenvalue weighted by Gasteiger charge is 2.22. The van der Waals surface area contributed by atoms with Crippen molar-refractivity contribution in [3.63, 3.8) is 0 Å². The SMILES string of the molecule is CCC(C)(CO)Nc1ccccc1C(=O)O. The number of rotatable bonds is 5. The van der Waals surface area contributed by atoms with Crippen molar-refractivity contribution in [1.29, 1.82) is 0 Å². The molecule has 0 bridgehead atoms. The van der Waals surface area contributed by atoms with Crippen LogP contribution in [0, 0.1) is 0 Å². The number of aliphatic hydroxyl groups excluding tert-OH is 1. The topological polar surface area (TPSA) is 69.6 Å². The Kier molecular flexibility index (Phi) is 3.90. The summed E-state index contributed by atoms with van der Waals surface area (Å²) in [4.78, 5) is 11.0. The standard InChI is InChI=1S/C12H17NO3/c1-3-12(2,8-14)13-10-7-5-4-6-9(10)11(15)16/h4-7,13-14H,3,8H2,1-2H3,(H,15,16). The predicted octanol–water partition coefficient (Wildman–Crippen LogP) is 1.96. The predicted molar refractivity (Wildman–Crippen MR) is 62.8 cm³/mol. The maximum absolute atomic E-state index is 11.0. The highest BCUT2D eigenvalue weighted by Crippen LogP contribution is 2.21. The number of aliphatic hydroxyl groups is 1. The molecule has 0 saturated carbocycles. The molecule has 0 amide bonds. The van der Waals surface area contributed by atoms with Crippen LogP contribution in [-0.2, 0) is 0 Å². The van der Waals surface area contributed by atoms with E-state index >= 15 is 0 Å². The first-order valence-electron chi connectivity index (χ1n) is 5.24. The summed E-state index contributed by atoms with van der Waals surface area (Å²) in [6, 6.07) is 6.68. The highest BCUT2D eigenvalue weighted by molar-refractivity contribution is 5.94. The summed E-state index contributed by atoms with van der Waals surface area (Å²) in [6.45, 7) is 3.75. The fourth-order valence-electron chi connectivity index (χ4n) is 1.34. The molecule has 0 fully saturated rings. The number of aromatic carboxylic acids is 1. The van der Waals surface area contributed by atoms with Gasteiger partial charge in [-0.1, -0.05) is 19.1 Å². The molecular formula is C12H17NO3. The lowest BCUT2D eigenvalue weighted by Crippen LogP contribution is -2.38. The molecule has 0 aliphatic carbocycles. The van der Waals surface area contributed by atoms with Gasteiger partial charge in [-0.2, -0.15) is 0 Å². The van der Waals surface area contributed by atoms with E-state index in [0.29, 0.717) is 12.1 Å². The van der Waals surface area contributed by atoms with E-state index in [9.17, 15) is 9.90 Å². The molecule has 0 saturated heterocycles. The summed E-state index contributed by atoms with van der Waals surface area (Å²) < 4.78 is 0. The number of para-hydroxylation sites is 1. The van der Waals surface area contributed by atoms with Crippen LogP contribution in [0.2, 0.25) is 0 Å². The molecule has 0 aromatic heterocycles. The van der Waals surface area contributed by atoms with Gasteiger partial charge < -0.3 is 15.5 Å². The minimum absolute atomic E-state index is 0.0442. The van der Waals surface area contributed by atoms with E-state index < -0.39 is 11.5 Å². The third kappa shape index (κ3) is 2.73. The second kappa shape index (κ2) is 4.99. The van der Waals surface area contributed by atoms with E-state index in [2.05, 4.69) is 5.32 Å². The highest BCUT2D eigenvalue weighted by atomic mass is 16.4. The Hall–Kier alpha value is -1.55. The summed E-state index contributed by atoms with van der Waals surface area (Å²) in [7, 11) is 0. The Morgan fingerprint density at radius 3 is 2.56 bits per heavy atom. The van der Waals surface area contributed by atoms with Crippen molar-refractivity contribution >= 4 is 11.7 Å². The third-order valence-corrected chi connectivity index (χ3v) is 2.72. The Morgan fingerprint density at radius 2 is 2.06 bits per heavy atom. The summed E-state index contributed by atoms with van der Waals surface area (Å²) in [6.07, 6.45) is 0.706. The van der Waals surface area contributed by atoms with E-state index in [-0.39, 0.29) is 12.2 Å². The summed E-state index contributed by atoms with van der Waals surface area (Å²) >= 11 is 0. The molecule has 16 heavy (non-hydrogen) atoms. The third-order valence-electron chi connectivity index (χ3n) is 2.72. The van der Waals surface area contributed by atoms with Gasteiger partial charge in [-0.3, -0.25) is 0 Å². The van der Waals surface area contributed by atoms with Gasteiger partial charge in [0.15, 0.2) is 0 Å². The Bertz CT molecular complexity index is 372. The Morgan fingerprint density at radius 1 is 1.44 bits per heavy atom. The van der Waals surface area contributed by atoms with Crippen molar-refractivity contribution in [2.24, 2.45) is 0 Å². The van der Waals surface area contributed by atoms with Gasteiger partial charge >= 0.3 is 5.97 Å². The first-order chi connectivity index (χ1) is 7.52. The molecule has 0 aliphatic heterocycles. The van der Waals surface area contributed by atoms with Crippen molar-refractivity contribution in [3.8, 4) is 0 Å². The molecule has 4 nitrogen and oxygen atoms in total. The molecule has 3 N–H and O–H groups in total. The van der Waals surface area contributed by atoms with Crippen LogP contribution in [0.15, 0.2) is 24.3 Å². The minimum atomic E-state index is -0.973. The minimum Gasteiger partial charge on any atom is -0.478 e. The molecule has 0 radical (unpaired) electrons. The number of carbonyl (C=O) groups is 1. The lowest BCUT2D eigenvalue weighted by molar-refractivity contribution is 0.0697.